The van der Waals surface area contributed by atoms with Gasteiger partial charge in [-0.05, 0) is 19.8 Å². The molecule has 0 aromatic heterocycles. The first-order chi connectivity index (χ1) is 6.57. The first-order valence-corrected chi connectivity index (χ1v) is 5.57. The zero-order valence-electron chi connectivity index (χ0n) is 9.75. The monoisotopic (exact) mass is 200 g/mol. The van der Waals surface area contributed by atoms with Crippen LogP contribution in [0, 0.1) is 0 Å². The molecule has 1 amide bonds. The number of unbranched alkanes of at least 4 members (excludes halogenated alkanes) is 2. The van der Waals surface area contributed by atoms with Crippen molar-refractivity contribution in [2.75, 3.05) is 13.6 Å². The van der Waals surface area contributed by atoms with E-state index in [9.17, 15) is 4.79 Å². The van der Waals surface area contributed by atoms with Gasteiger partial charge < -0.3 is 10.6 Å². The van der Waals surface area contributed by atoms with Crippen molar-refractivity contribution in [1.82, 2.24) is 4.90 Å². The van der Waals surface area contributed by atoms with Crippen molar-refractivity contribution in [3.05, 3.63) is 0 Å². The minimum absolute atomic E-state index is 0.181. The Balaban J connectivity index is 3.54. The van der Waals surface area contributed by atoms with Gasteiger partial charge in [-0.1, -0.05) is 19.8 Å². The zero-order chi connectivity index (χ0) is 11.0. The summed E-state index contributed by atoms with van der Waals surface area (Å²) in [6.45, 7) is 4.89. The molecule has 0 saturated heterocycles. The Morgan fingerprint density at radius 2 is 2.07 bits per heavy atom. The van der Waals surface area contributed by atoms with Crippen LogP contribution in [0.5, 0.6) is 0 Å². The summed E-state index contributed by atoms with van der Waals surface area (Å²) in [6, 6.07) is 0.181. The summed E-state index contributed by atoms with van der Waals surface area (Å²) in [5.74, 6) is 0.249. The van der Waals surface area contributed by atoms with E-state index in [2.05, 4.69) is 6.92 Å². The van der Waals surface area contributed by atoms with Crippen LogP contribution in [0.1, 0.15) is 46.0 Å². The molecule has 84 valence electrons. The highest BCUT2D eigenvalue weighted by atomic mass is 16.2. The summed E-state index contributed by atoms with van der Waals surface area (Å²) < 4.78 is 0. The maximum Gasteiger partial charge on any atom is 0.222 e. The van der Waals surface area contributed by atoms with Crippen molar-refractivity contribution in [3.63, 3.8) is 0 Å². The Kier molecular flexibility index (Phi) is 7.48. The van der Waals surface area contributed by atoms with Gasteiger partial charge in [0, 0.05) is 26.1 Å². The molecule has 0 aromatic rings. The quantitative estimate of drug-likeness (QED) is 0.637. The number of hydrogen-bond acceptors (Lipinski definition) is 2. The summed E-state index contributed by atoms with van der Waals surface area (Å²) in [6.07, 6.45) is 4.89. The van der Waals surface area contributed by atoms with Gasteiger partial charge in [0.05, 0.1) is 0 Å². The van der Waals surface area contributed by atoms with Crippen molar-refractivity contribution in [3.8, 4) is 0 Å². The van der Waals surface area contributed by atoms with Crippen molar-refractivity contribution < 1.29 is 4.79 Å². The highest BCUT2D eigenvalue weighted by molar-refractivity contribution is 5.75. The van der Waals surface area contributed by atoms with Gasteiger partial charge in [0.1, 0.15) is 0 Å². The summed E-state index contributed by atoms with van der Waals surface area (Å²) in [5.41, 5.74) is 5.62. The molecule has 2 N–H and O–H groups in total. The highest BCUT2D eigenvalue weighted by Gasteiger charge is 2.08. The molecular weight excluding hydrogens is 176 g/mol. The SMILES string of the molecule is CCCCCC(=O)N(C)CCC(C)N. The van der Waals surface area contributed by atoms with Gasteiger partial charge in [0.25, 0.3) is 0 Å². The molecular formula is C11H24N2O. The van der Waals surface area contributed by atoms with E-state index in [-0.39, 0.29) is 11.9 Å². The fourth-order valence-corrected chi connectivity index (χ4v) is 1.24. The second-order valence-electron chi connectivity index (χ2n) is 4.04. The molecule has 14 heavy (non-hydrogen) atoms. The van der Waals surface area contributed by atoms with Gasteiger partial charge in [-0.2, -0.15) is 0 Å². The van der Waals surface area contributed by atoms with E-state index in [0.717, 1.165) is 32.2 Å². The van der Waals surface area contributed by atoms with E-state index in [0.29, 0.717) is 6.42 Å². The number of rotatable bonds is 7. The summed E-state index contributed by atoms with van der Waals surface area (Å²) >= 11 is 0. The van der Waals surface area contributed by atoms with Crippen LogP contribution in [0.15, 0.2) is 0 Å². The molecule has 0 spiro atoms. The van der Waals surface area contributed by atoms with Gasteiger partial charge in [-0.15, -0.1) is 0 Å². The predicted molar refractivity (Wildman–Crippen MR) is 60.0 cm³/mol. The molecule has 0 aromatic carbocycles. The molecule has 0 aliphatic carbocycles. The third-order valence-electron chi connectivity index (χ3n) is 2.34. The largest absolute Gasteiger partial charge is 0.346 e. The lowest BCUT2D eigenvalue weighted by Gasteiger charge is -2.18. The number of amides is 1. The molecule has 0 rings (SSSR count). The van der Waals surface area contributed by atoms with Crippen LogP contribution in [-0.2, 0) is 4.79 Å². The molecule has 1 atom stereocenters. The van der Waals surface area contributed by atoms with Crippen molar-refractivity contribution >= 4 is 5.91 Å². The predicted octanol–water partition coefficient (Wildman–Crippen LogP) is 1.76. The Labute approximate surface area is 87.6 Å². The Bertz CT molecular complexity index is 157. The number of carbonyl (C=O) groups excluding carboxylic acids is 1. The molecule has 0 radical (unpaired) electrons. The maximum absolute atomic E-state index is 11.5. The molecule has 0 bridgehead atoms. The third-order valence-corrected chi connectivity index (χ3v) is 2.34. The second kappa shape index (κ2) is 7.80. The van der Waals surface area contributed by atoms with Crippen LogP contribution < -0.4 is 5.73 Å². The van der Waals surface area contributed by atoms with E-state index in [1.54, 1.807) is 4.90 Å². The average Bonchev–Trinajstić information content (AvgIpc) is 2.14. The Morgan fingerprint density at radius 3 is 2.57 bits per heavy atom. The van der Waals surface area contributed by atoms with Gasteiger partial charge >= 0.3 is 0 Å². The first-order valence-electron chi connectivity index (χ1n) is 5.57. The smallest absolute Gasteiger partial charge is 0.222 e. The lowest BCUT2D eigenvalue weighted by Crippen LogP contribution is -2.31. The molecule has 0 aliphatic heterocycles. The maximum atomic E-state index is 11.5. The summed E-state index contributed by atoms with van der Waals surface area (Å²) in [5, 5.41) is 0. The van der Waals surface area contributed by atoms with E-state index < -0.39 is 0 Å². The summed E-state index contributed by atoms with van der Waals surface area (Å²) in [4.78, 5) is 13.3. The fourth-order valence-electron chi connectivity index (χ4n) is 1.24. The molecule has 1 unspecified atom stereocenters. The van der Waals surface area contributed by atoms with Crippen LogP contribution in [-0.4, -0.2) is 30.4 Å². The number of nitrogens with zero attached hydrogens (tertiary/aromatic N) is 1. The van der Waals surface area contributed by atoms with Crippen molar-refractivity contribution in [2.24, 2.45) is 5.73 Å². The van der Waals surface area contributed by atoms with Gasteiger partial charge in [-0.3, -0.25) is 4.79 Å². The van der Waals surface area contributed by atoms with E-state index in [1.165, 1.54) is 0 Å². The minimum Gasteiger partial charge on any atom is -0.346 e. The van der Waals surface area contributed by atoms with E-state index in [1.807, 2.05) is 14.0 Å². The van der Waals surface area contributed by atoms with Crippen LogP contribution in [0.2, 0.25) is 0 Å². The van der Waals surface area contributed by atoms with E-state index in [4.69, 9.17) is 5.73 Å². The topological polar surface area (TPSA) is 46.3 Å². The van der Waals surface area contributed by atoms with Crippen molar-refractivity contribution in [2.45, 2.75) is 52.0 Å². The molecule has 3 nitrogen and oxygen atoms in total. The zero-order valence-corrected chi connectivity index (χ0v) is 9.75. The average molecular weight is 200 g/mol. The van der Waals surface area contributed by atoms with Crippen LogP contribution in [0.4, 0.5) is 0 Å². The molecule has 0 fully saturated rings. The number of nitrogens with two attached hydrogens (primary N) is 1. The Morgan fingerprint density at radius 1 is 1.43 bits per heavy atom. The van der Waals surface area contributed by atoms with E-state index >= 15 is 0 Å². The normalized spacial score (nSPS) is 12.6. The van der Waals surface area contributed by atoms with Gasteiger partial charge in [0.15, 0.2) is 0 Å². The van der Waals surface area contributed by atoms with Gasteiger partial charge in [-0.25, -0.2) is 0 Å². The molecule has 3 heteroatoms. The lowest BCUT2D eigenvalue weighted by molar-refractivity contribution is -0.130. The fraction of sp³-hybridized carbons (Fsp3) is 0.909. The standard InChI is InChI=1S/C11H24N2O/c1-4-5-6-7-11(14)13(3)9-8-10(2)12/h10H,4-9,12H2,1-3H3. The Hall–Kier alpha value is -0.570. The number of carbonyl (C=O) groups is 1. The van der Waals surface area contributed by atoms with Gasteiger partial charge in [0.2, 0.25) is 5.91 Å². The van der Waals surface area contributed by atoms with Crippen molar-refractivity contribution in [1.29, 1.82) is 0 Å². The third kappa shape index (κ3) is 6.89. The second-order valence-corrected chi connectivity index (χ2v) is 4.04. The molecule has 0 saturated carbocycles. The lowest BCUT2D eigenvalue weighted by atomic mass is 10.2. The van der Waals surface area contributed by atoms with Crippen LogP contribution >= 0.6 is 0 Å². The highest BCUT2D eigenvalue weighted by Crippen LogP contribution is 2.02. The minimum atomic E-state index is 0.181. The van der Waals surface area contributed by atoms with Crippen LogP contribution in [0.3, 0.4) is 0 Å². The summed E-state index contributed by atoms with van der Waals surface area (Å²) in [7, 11) is 1.86. The van der Waals surface area contributed by atoms with Crippen LogP contribution in [0.25, 0.3) is 0 Å². The number of hydrogen-bond donors (Lipinski definition) is 1. The first kappa shape index (κ1) is 13.4. The molecule has 0 aliphatic rings. The molecule has 0 heterocycles.